The number of nitrogens with zero attached hydrogens (tertiary/aromatic N) is 5. The summed E-state index contributed by atoms with van der Waals surface area (Å²) in [6.45, 7) is 9.06. The molecule has 4 rings (SSSR count). The summed E-state index contributed by atoms with van der Waals surface area (Å²) < 4.78 is 1.73. The highest BCUT2D eigenvalue weighted by molar-refractivity contribution is 6.46. The molecule has 0 spiro atoms. The summed E-state index contributed by atoms with van der Waals surface area (Å²) in [4.78, 5) is 38.9. The van der Waals surface area contributed by atoms with Crippen LogP contribution in [0.4, 0.5) is 0 Å². The minimum atomic E-state index is -0.705. The predicted octanol–water partition coefficient (Wildman–Crippen LogP) is 3.19. The van der Waals surface area contributed by atoms with Crippen LogP contribution in [0.3, 0.4) is 0 Å². The Labute approximate surface area is 193 Å². The lowest BCUT2D eigenvalue weighted by molar-refractivity contribution is -0.140. The van der Waals surface area contributed by atoms with Gasteiger partial charge < -0.3 is 14.9 Å². The second-order valence-electron chi connectivity index (χ2n) is 8.13. The highest BCUT2D eigenvalue weighted by Crippen LogP contribution is 2.39. The summed E-state index contributed by atoms with van der Waals surface area (Å²) in [5.74, 6) is -1.50. The van der Waals surface area contributed by atoms with E-state index in [0.29, 0.717) is 29.1 Å². The molecule has 0 bridgehead atoms. The van der Waals surface area contributed by atoms with Gasteiger partial charge >= 0.3 is 0 Å². The molecule has 1 aliphatic rings. The molecule has 1 unspecified atom stereocenters. The van der Waals surface area contributed by atoms with Crippen LogP contribution in [0.5, 0.6) is 0 Å². The number of ketones is 1. The Morgan fingerprint density at radius 3 is 2.64 bits per heavy atom. The van der Waals surface area contributed by atoms with Crippen molar-refractivity contribution in [1.29, 1.82) is 0 Å². The molecule has 1 saturated heterocycles. The highest BCUT2D eigenvalue weighted by atomic mass is 16.3. The van der Waals surface area contributed by atoms with Gasteiger partial charge in [-0.05, 0) is 56.7 Å². The van der Waals surface area contributed by atoms with Crippen LogP contribution in [0.1, 0.15) is 43.3 Å². The molecule has 8 nitrogen and oxygen atoms in total. The highest BCUT2D eigenvalue weighted by Gasteiger charge is 2.46. The summed E-state index contributed by atoms with van der Waals surface area (Å²) in [6.07, 6.45) is 5.79. The fraction of sp³-hybridized carbons (Fsp3) is 0.360. The zero-order valence-corrected chi connectivity index (χ0v) is 19.2. The Kier molecular flexibility index (Phi) is 6.55. The number of likely N-dealkylation sites (tertiary alicyclic amines) is 1. The molecule has 4 heterocycles. The van der Waals surface area contributed by atoms with E-state index in [1.54, 1.807) is 40.9 Å². The average molecular weight is 448 g/mol. The van der Waals surface area contributed by atoms with Gasteiger partial charge in [-0.2, -0.15) is 0 Å². The number of aryl methyl sites for hydroxylation is 1. The third kappa shape index (κ3) is 4.14. The number of aliphatic hydroxyl groups is 1. The number of aromatic nitrogens is 3. The lowest BCUT2D eigenvalue weighted by Gasteiger charge is -2.26. The van der Waals surface area contributed by atoms with E-state index in [2.05, 4.69) is 28.7 Å². The minimum Gasteiger partial charge on any atom is -0.505 e. The lowest BCUT2D eigenvalue weighted by atomic mass is 9.97. The smallest absolute Gasteiger partial charge is 0.295 e. The summed E-state index contributed by atoms with van der Waals surface area (Å²) in [5.41, 5.74) is 2.41. The van der Waals surface area contributed by atoms with Gasteiger partial charge in [0.2, 0.25) is 0 Å². The molecule has 3 aromatic rings. The van der Waals surface area contributed by atoms with Crippen molar-refractivity contribution in [2.75, 3.05) is 26.2 Å². The first-order valence-electron chi connectivity index (χ1n) is 11.3. The van der Waals surface area contributed by atoms with Gasteiger partial charge in [0.25, 0.3) is 11.7 Å². The Hall–Kier alpha value is -3.52. The van der Waals surface area contributed by atoms with Crippen LogP contribution in [-0.2, 0) is 9.59 Å². The number of rotatable bonds is 8. The first-order valence-corrected chi connectivity index (χ1v) is 11.3. The van der Waals surface area contributed by atoms with Crippen LogP contribution in [-0.4, -0.2) is 67.1 Å². The fourth-order valence-corrected chi connectivity index (χ4v) is 4.53. The van der Waals surface area contributed by atoms with Gasteiger partial charge in [0.05, 0.1) is 17.3 Å². The lowest BCUT2D eigenvalue weighted by Crippen LogP contribution is -2.33. The molecule has 1 aliphatic heterocycles. The van der Waals surface area contributed by atoms with E-state index in [9.17, 15) is 14.7 Å². The second-order valence-corrected chi connectivity index (χ2v) is 8.13. The van der Waals surface area contributed by atoms with Crippen molar-refractivity contribution in [3.63, 3.8) is 0 Å². The van der Waals surface area contributed by atoms with E-state index in [0.717, 1.165) is 26.1 Å². The number of carbonyl (C=O) groups excluding carboxylic acids is 2. The van der Waals surface area contributed by atoms with Crippen molar-refractivity contribution in [3.8, 4) is 0 Å². The van der Waals surface area contributed by atoms with Crippen molar-refractivity contribution in [2.24, 2.45) is 0 Å². The average Bonchev–Trinajstić information content (AvgIpc) is 3.30. The van der Waals surface area contributed by atoms with Crippen LogP contribution in [0.15, 0.2) is 54.5 Å². The largest absolute Gasteiger partial charge is 0.505 e. The number of hydrogen-bond donors (Lipinski definition) is 1. The number of imidazole rings is 1. The van der Waals surface area contributed by atoms with Crippen molar-refractivity contribution in [3.05, 3.63) is 71.4 Å². The van der Waals surface area contributed by atoms with Gasteiger partial charge in [-0.1, -0.05) is 26.0 Å². The zero-order chi connectivity index (χ0) is 23.5. The fourth-order valence-electron chi connectivity index (χ4n) is 4.53. The molecular formula is C25H29N5O3. The molecule has 1 atom stereocenters. The van der Waals surface area contributed by atoms with Gasteiger partial charge in [0, 0.05) is 25.1 Å². The van der Waals surface area contributed by atoms with Crippen molar-refractivity contribution in [2.45, 2.75) is 33.2 Å². The molecule has 0 radical (unpaired) electrons. The molecule has 3 aromatic heterocycles. The van der Waals surface area contributed by atoms with E-state index < -0.39 is 17.7 Å². The number of Topliss-reactive ketones (excluding diaryl/α,β-unsaturated/α-hetero) is 1. The molecule has 1 amide bonds. The second kappa shape index (κ2) is 9.54. The van der Waals surface area contributed by atoms with Gasteiger partial charge in [0.1, 0.15) is 11.3 Å². The monoisotopic (exact) mass is 447 g/mol. The van der Waals surface area contributed by atoms with Crippen LogP contribution < -0.4 is 0 Å². The van der Waals surface area contributed by atoms with E-state index in [4.69, 9.17) is 0 Å². The van der Waals surface area contributed by atoms with Crippen molar-refractivity contribution < 1.29 is 14.7 Å². The van der Waals surface area contributed by atoms with E-state index in [1.165, 1.54) is 0 Å². The topological polar surface area (TPSA) is 91.0 Å². The van der Waals surface area contributed by atoms with Crippen molar-refractivity contribution >= 4 is 23.1 Å². The number of aliphatic hydroxyl groups excluding tert-OH is 1. The standard InChI is InChI=1S/C25H29N5O3/c1-4-28(5-2)13-9-15-30-22(18-10-8-12-26-16-18)20(24(32)25(30)33)23(31)21-17(3)27-19-11-6-7-14-29(19)21/h6-8,10-12,14,16,22,31H,4-5,9,13,15H2,1-3H3/b23-20+. The number of pyridine rings is 2. The third-order valence-electron chi connectivity index (χ3n) is 6.24. The van der Waals surface area contributed by atoms with Crippen LogP contribution in [0.2, 0.25) is 0 Å². The molecule has 0 saturated carbocycles. The van der Waals surface area contributed by atoms with E-state index in [1.807, 2.05) is 24.3 Å². The number of fused-ring (bicyclic) bond motifs is 1. The molecule has 1 N–H and O–H groups in total. The summed E-state index contributed by atoms with van der Waals surface area (Å²) in [6, 6.07) is 8.41. The maximum absolute atomic E-state index is 13.2. The molecule has 8 heteroatoms. The third-order valence-corrected chi connectivity index (χ3v) is 6.24. The molecule has 172 valence electrons. The number of amides is 1. The SMILES string of the molecule is CCN(CC)CCCN1C(=O)C(=O)/C(=C(/O)c2c(C)nc3ccccn23)C1c1cccnc1. The number of carbonyl (C=O) groups is 2. The quantitative estimate of drug-likeness (QED) is 0.324. The Bertz CT molecular complexity index is 1200. The van der Waals surface area contributed by atoms with Gasteiger partial charge in [0.15, 0.2) is 5.76 Å². The van der Waals surface area contributed by atoms with Crippen molar-refractivity contribution in [1.82, 2.24) is 24.2 Å². The molecule has 1 fully saturated rings. The van der Waals surface area contributed by atoms with E-state index >= 15 is 0 Å². The maximum atomic E-state index is 13.2. The van der Waals surface area contributed by atoms with Crippen LogP contribution >= 0.6 is 0 Å². The Balaban J connectivity index is 1.80. The first-order chi connectivity index (χ1) is 16.0. The normalized spacial score (nSPS) is 18.1. The van der Waals surface area contributed by atoms with Crippen LogP contribution in [0, 0.1) is 6.92 Å². The first kappa shape index (κ1) is 22.7. The molecular weight excluding hydrogens is 418 g/mol. The summed E-state index contributed by atoms with van der Waals surface area (Å²) in [7, 11) is 0. The maximum Gasteiger partial charge on any atom is 0.295 e. The Morgan fingerprint density at radius 2 is 1.94 bits per heavy atom. The Morgan fingerprint density at radius 1 is 1.15 bits per heavy atom. The van der Waals surface area contributed by atoms with Gasteiger partial charge in [-0.15, -0.1) is 0 Å². The molecule has 0 aliphatic carbocycles. The molecule has 33 heavy (non-hydrogen) atoms. The van der Waals surface area contributed by atoms with Crippen LogP contribution in [0.25, 0.3) is 11.4 Å². The predicted molar refractivity (Wildman–Crippen MR) is 126 cm³/mol. The van der Waals surface area contributed by atoms with Gasteiger partial charge in [-0.3, -0.25) is 19.0 Å². The summed E-state index contributed by atoms with van der Waals surface area (Å²) in [5, 5.41) is 11.4. The van der Waals surface area contributed by atoms with E-state index in [-0.39, 0.29) is 11.3 Å². The minimum absolute atomic E-state index is 0.0737. The zero-order valence-electron chi connectivity index (χ0n) is 19.2. The molecule has 0 aromatic carbocycles. The summed E-state index contributed by atoms with van der Waals surface area (Å²) >= 11 is 0. The number of hydrogen-bond acceptors (Lipinski definition) is 6. The van der Waals surface area contributed by atoms with Gasteiger partial charge in [-0.25, -0.2) is 4.98 Å².